The molecule has 0 radical (unpaired) electrons. The number of hydrogen-bond donors (Lipinski definition) is 2. The van der Waals surface area contributed by atoms with Crippen LogP contribution < -0.4 is 5.32 Å². The SMILES string of the molecule is Cc1cc(NC(=O)c2ccccc2O)ccc1Br. The molecule has 2 N–H and O–H groups in total. The topological polar surface area (TPSA) is 49.3 Å². The summed E-state index contributed by atoms with van der Waals surface area (Å²) in [6, 6.07) is 12.0. The fourth-order valence-corrected chi connectivity index (χ4v) is 1.83. The van der Waals surface area contributed by atoms with Crippen LogP contribution in [0, 0.1) is 6.92 Å². The van der Waals surface area contributed by atoms with Gasteiger partial charge in [-0.3, -0.25) is 4.79 Å². The zero-order valence-electron chi connectivity index (χ0n) is 9.77. The average molecular weight is 306 g/mol. The molecule has 0 aliphatic heterocycles. The van der Waals surface area contributed by atoms with Crippen molar-refractivity contribution in [3.8, 4) is 5.75 Å². The quantitative estimate of drug-likeness (QED) is 0.888. The number of amides is 1. The number of hydrogen-bond acceptors (Lipinski definition) is 2. The fourth-order valence-electron chi connectivity index (χ4n) is 1.59. The average Bonchev–Trinajstić information content (AvgIpc) is 2.34. The van der Waals surface area contributed by atoms with Crippen LogP contribution in [0.3, 0.4) is 0 Å². The Hall–Kier alpha value is -1.81. The number of phenols is 1. The van der Waals surface area contributed by atoms with Crippen LogP contribution in [0.5, 0.6) is 5.75 Å². The first-order valence-electron chi connectivity index (χ1n) is 5.43. The first kappa shape index (κ1) is 12.6. The molecule has 1 amide bonds. The molecular weight excluding hydrogens is 294 g/mol. The first-order valence-corrected chi connectivity index (χ1v) is 6.23. The van der Waals surface area contributed by atoms with Crippen LogP contribution in [0.2, 0.25) is 0 Å². The standard InChI is InChI=1S/C14H12BrNO2/c1-9-8-10(6-7-12(9)15)16-14(18)11-4-2-3-5-13(11)17/h2-8,17H,1H3,(H,16,18). The summed E-state index contributed by atoms with van der Waals surface area (Å²) in [6.07, 6.45) is 0. The third-order valence-electron chi connectivity index (χ3n) is 2.56. The van der Waals surface area contributed by atoms with Crippen molar-refractivity contribution < 1.29 is 9.90 Å². The van der Waals surface area contributed by atoms with E-state index >= 15 is 0 Å². The maximum atomic E-state index is 11.9. The van der Waals surface area contributed by atoms with Gasteiger partial charge in [0.1, 0.15) is 5.75 Å². The highest BCUT2D eigenvalue weighted by molar-refractivity contribution is 9.10. The molecule has 0 fully saturated rings. The second kappa shape index (κ2) is 5.23. The summed E-state index contributed by atoms with van der Waals surface area (Å²) in [5.74, 6) is -0.348. The largest absolute Gasteiger partial charge is 0.507 e. The third-order valence-corrected chi connectivity index (χ3v) is 3.45. The molecule has 0 aliphatic rings. The van der Waals surface area contributed by atoms with Gasteiger partial charge in [0.2, 0.25) is 0 Å². The molecule has 2 rings (SSSR count). The summed E-state index contributed by atoms with van der Waals surface area (Å²) < 4.78 is 0.989. The van der Waals surface area contributed by atoms with Gasteiger partial charge in [0.05, 0.1) is 5.56 Å². The van der Waals surface area contributed by atoms with Crippen LogP contribution in [0.25, 0.3) is 0 Å². The molecule has 2 aromatic rings. The number of carbonyl (C=O) groups is 1. The van der Waals surface area contributed by atoms with E-state index in [0.29, 0.717) is 5.69 Å². The predicted molar refractivity (Wildman–Crippen MR) is 74.9 cm³/mol. The monoisotopic (exact) mass is 305 g/mol. The smallest absolute Gasteiger partial charge is 0.259 e. The van der Waals surface area contributed by atoms with E-state index in [-0.39, 0.29) is 17.2 Å². The van der Waals surface area contributed by atoms with Crippen molar-refractivity contribution in [2.24, 2.45) is 0 Å². The highest BCUT2D eigenvalue weighted by Gasteiger charge is 2.10. The summed E-state index contributed by atoms with van der Waals surface area (Å²) in [5.41, 5.74) is 1.99. The lowest BCUT2D eigenvalue weighted by Gasteiger charge is -2.08. The van der Waals surface area contributed by atoms with Gasteiger partial charge in [-0.25, -0.2) is 0 Å². The van der Waals surface area contributed by atoms with Crippen LogP contribution in [0.15, 0.2) is 46.9 Å². The van der Waals surface area contributed by atoms with Crippen LogP contribution in [0.1, 0.15) is 15.9 Å². The Bertz CT molecular complexity index is 596. The first-order chi connectivity index (χ1) is 8.58. The zero-order chi connectivity index (χ0) is 13.1. The van der Waals surface area contributed by atoms with E-state index in [9.17, 15) is 9.90 Å². The summed E-state index contributed by atoms with van der Waals surface area (Å²) in [6.45, 7) is 1.94. The molecule has 18 heavy (non-hydrogen) atoms. The molecule has 0 spiro atoms. The van der Waals surface area contributed by atoms with Crippen molar-refractivity contribution in [1.82, 2.24) is 0 Å². The van der Waals surface area contributed by atoms with Crippen molar-refractivity contribution >= 4 is 27.5 Å². The van der Waals surface area contributed by atoms with Gasteiger partial charge in [-0.1, -0.05) is 28.1 Å². The Balaban J connectivity index is 2.22. The second-order valence-corrected chi connectivity index (χ2v) is 4.79. The normalized spacial score (nSPS) is 10.1. The van der Waals surface area contributed by atoms with Gasteiger partial charge in [-0.15, -0.1) is 0 Å². The minimum Gasteiger partial charge on any atom is -0.507 e. The molecule has 0 aliphatic carbocycles. The summed E-state index contributed by atoms with van der Waals surface area (Å²) in [7, 11) is 0. The lowest BCUT2D eigenvalue weighted by Crippen LogP contribution is -2.12. The van der Waals surface area contributed by atoms with E-state index in [1.165, 1.54) is 6.07 Å². The number of rotatable bonds is 2. The summed E-state index contributed by atoms with van der Waals surface area (Å²) in [5, 5.41) is 12.3. The molecular formula is C14H12BrNO2. The van der Waals surface area contributed by atoms with Crippen molar-refractivity contribution in [1.29, 1.82) is 0 Å². The maximum Gasteiger partial charge on any atom is 0.259 e. The van der Waals surface area contributed by atoms with Gasteiger partial charge >= 0.3 is 0 Å². The van der Waals surface area contributed by atoms with Crippen LogP contribution in [-0.4, -0.2) is 11.0 Å². The lowest BCUT2D eigenvalue weighted by atomic mass is 10.1. The predicted octanol–water partition coefficient (Wildman–Crippen LogP) is 3.72. The number of phenolic OH excluding ortho intramolecular Hbond substituents is 1. The number of anilines is 1. The van der Waals surface area contributed by atoms with Gasteiger partial charge in [0.25, 0.3) is 5.91 Å². The van der Waals surface area contributed by atoms with Crippen LogP contribution >= 0.6 is 15.9 Å². The van der Waals surface area contributed by atoms with Crippen LogP contribution in [-0.2, 0) is 0 Å². The Morgan fingerprint density at radius 2 is 1.94 bits per heavy atom. The van der Waals surface area contributed by atoms with Gasteiger partial charge in [-0.05, 0) is 42.8 Å². The zero-order valence-corrected chi connectivity index (χ0v) is 11.4. The fraction of sp³-hybridized carbons (Fsp3) is 0.0714. The minimum absolute atomic E-state index is 0.0242. The van der Waals surface area contributed by atoms with E-state index in [1.807, 2.05) is 19.1 Å². The number of halogens is 1. The third kappa shape index (κ3) is 2.71. The molecule has 0 atom stereocenters. The number of aryl methyl sites for hydroxylation is 1. The molecule has 2 aromatic carbocycles. The minimum atomic E-state index is -0.324. The van der Waals surface area contributed by atoms with E-state index in [1.54, 1.807) is 24.3 Å². The Morgan fingerprint density at radius 3 is 2.61 bits per heavy atom. The maximum absolute atomic E-state index is 11.9. The van der Waals surface area contributed by atoms with Crippen molar-refractivity contribution in [3.05, 3.63) is 58.1 Å². The van der Waals surface area contributed by atoms with Crippen molar-refractivity contribution in [2.75, 3.05) is 5.32 Å². The number of nitrogens with one attached hydrogen (secondary N) is 1. The Morgan fingerprint density at radius 1 is 1.22 bits per heavy atom. The van der Waals surface area contributed by atoms with E-state index in [4.69, 9.17) is 0 Å². The Kier molecular flexibility index (Phi) is 3.67. The second-order valence-electron chi connectivity index (χ2n) is 3.94. The molecule has 0 heterocycles. The number of benzene rings is 2. The number of carbonyl (C=O) groups excluding carboxylic acids is 1. The van der Waals surface area contributed by atoms with Gasteiger partial charge in [-0.2, -0.15) is 0 Å². The van der Waals surface area contributed by atoms with Crippen molar-refractivity contribution in [2.45, 2.75) is 6.92 Å². The molecule has 0 saturated carbocycles. The highest BCUT2D eigenvalue weighted by Crippen LogP contribution is 2.22. The van der Waals surface area contributed by atoms with Crippen LogP contribution in [0.4, 0.5) is 5.69 Å². The Labute approximate surface area is 114 Å². The van der Waals surface area contributed by atoms with Crippen molar-refractivity contribution in [3.63, 3.8) is 0 Å². The molecule has 3 nitrogen and oxygen atoms in total. The molecule has 92 valence electrons. The molecule has 0 saturated heterocycles. The van der Waals surface area contributed by atoms with E-state index < -0.39 is 0 Å². The lowest BCUT2D eigenvalue weighted by molar-refractivity contribution is 0.102. The number of para-hydroxylation sites is 1. The molecule has 0 bridgehead atoms. The summed E-state index contributed by atoms with van der Waals surface area (Å²) >= 11 is 3.40. The van der Waals surface area contributed by atoms with E-state index in [2.05, 4.69) is 21.2 Å². The highest BCUT2D eigenvalue weighted by atomic mass is 79.9. The van der Waals surface area contributed by atoms with Gasteiger partial charge < -0.3 is 10.4 Å². The van der Waals surface area contributed by atoms with Gasteiger partial charge in [0, 0.05) is 10.2 Å². The molecule has 0 unspecified atom stereocenters. The molecule has 0 aromatic heterocycles. The van der Waals surface area contributed by atoms with Gasteiger partial charge in [0.15, 0.2) is 0 Å². The summed E-state index contributed by atoms with van der Waals surface area (Å²) in [4.78, 5) is 11.9. The van der Waals surface area contributed by atoms with E-state index in [0.717, 1.165) is 10.0 Å². The molecule has 4 heteroatoms. The number of aromatic hydroxyl groups is 1.